The summed E-state index contributed by atoms with van der Waals surface area (Å²) in [4.78, 5) is 14.5. The number of tetrazole rings is 1. The lowest BCUT2D eigenvalue weighted by Crippen LogP contribution is -2.40. The number of benzene rings is 2. The van der Waals surface area contributed by atoms with Crippen LogP contribution in [0.4, 0.5) is 5.95 Å². The van der Waals surface area contributed by atoms with Crippen LogP contribution in [0.25, 0.3) is 5.69 Å². The van der Waals surface area contributed by atoms with Crippen molar-refractivity contribution < 1.29 is 4.79 Å². The first-order valence-corrected chi connectivity index (χ1v) is 9.64. The van der Waals surface area contributed by atoms with Gasteiger partial charge in [0, 0.05) is 25.2 Å². The Morgan fingerprint density at radius 1 is 1.07 bits per heavy atom. The van der Waals surface area contributed by atoms with Crippen LogP contribution in [0.1, 0.15) is 28.8 Å². The number of aromatic nitrogens is 4. The minimum atomic E-state index is 0.121. The highest BCUT2D eigenvalue weighted by molar-refractivity contribution is 5.94. The molecule has 1 amide bonds. The first kappa shape index (κ1) is 18.2. The molecule has 1 saturated heterocycles. The molecule has 2 heterocycles. The van der Waals surface area contributed by atoms with Gasteiger partial charge in [0.25, 0.3) is 5.91 Å². The smallest absolute Gasteiger partial charge is 0.253 e. The van der Waals surface area contributed by atoms with Crippen LogP contribution in [-0.2, 0) is 0 Å². The van der Waals surface area contributed by atoms with Crippen LogP contribution in [0.5, 0.6) is 0 Å². The van der Waals surface area contributed by atoms with Gasteiger partial charge >= 0.3 is 0 Å². The molecule has 7 heteroatoms. The predicted octanol–water partition coefficient (Wildman–Crippen LogP) is 2.94. The molecule has 28 heavy (non-hydrogen) atoms. The van der Waals surface area contributed by atoms with Gasteiger partial charge in [0.05, 0.1) is 5.69 Å². The molecule has 1 fully saturated rings. The molecule has 0 spiro atoms. The van der Waals surface area contributed by atoms with Gasteiger partial charge in [-0.15, -0.1) is 0 Å². The number of aryl methyl sites for hydroxylation is 1. The first-order chi connectivity index (χ1) is 13.7. The van der Waals surface area contributed by atoms with Gasteiger partial charge in [-0.2, -0.15) is 4.68 Å². The molecule has 2 aromatic carbocycles. The fourth-order valence-corrected chi connectivity index (χ4v) is 3.50. The summed E-state index contributed by atoms with van der Waals surface area (Å²) in [5, 5.41) is 15.4. The Labute approximate surface area is 164 Å². The van der Waals surface area contributed by atoms with Crippen LogP contribution < -0.4 is 5.32 Å². The molecule has 0 radical (unpaired) electrons. The lowest BCUT2D eigenvalue weighted by molar-refractivity contribution is 0.0695. The summed E-state index contributed by atoms with van der Waals surface area (Å²) < 4.78 is 1.72. The topological polar surface area (TPSA) is 75.9 Å². The molecule has 4 rings (SSSR count). The van der Waals surface area contributed by atoms with Gasteiger partial charge in [0.15, 0.2) is 0 Å². The van der Waals surface area contributed by atoms with Crippen molar-refractivity contribution in [1.82, 2.24) is 25.1 Å². The van der Waals surface area contributed by atoms with E-state index in [0.29, 0.717) is 11.9 Å². The van der Waals surface area contributed by atoms with Crippen molar-refractivity contribution in [3.05, 3.63) is 65.7 Å². The van der Waals surface area contributed by atoms with Crippen molar-refractivity contribution in [2.24, 2.45) is 5.92 Å². The average Bonchev–Trinajstić information content (AvgIpc) is 3.22. The van der Waals surface area contributed by atoms with E-state index in [1.54, 1.807) is 4.68 Å². The first-order valence-electron chi connectivity index (χ1n) is 9.64. The summed E-state index contributed by atoms with van der Waals surface area (Å²) in [6.07, 6.45) is 1.94. The summed E-state index contributed by atoms with van der Waals surface area (Å²) in [5.74, 6) is 1.25. The van der Waals surface area contributed by atoms with Crippen LogP contribution in [0.2, 0.25) is 0 Å². The van der Waals surface area contributed by atoms with Gasteiger partial charge in [-0.1, -0.05) is 41.0 Å². The predicted molar refractivity (Wildman–Crippen MR) is 107 cm³/mol. The maximum Gasteiger partial charge on any atom is 0.253 e. The van der Waals surface area contributed by atoms with Crippen LogP contribution in [0.3, 0.4) is 0 Å². The van der Waals surface area contributed by atoms with Crippen molar-refractivity contribution in [2.75, 3.05) is 25.0 Å². The van der Waals surface area contributed by atoms with Gasteiger partial charge in [-0.3, -0.25) is 4.79 Å². The minimum absolute atomic E-state index is 0.121. The van der Waals surface area contributed by atoms with E-state index >= 15 is 0 Å². The number of amides is 1. The Morgan fingerprint density at radius 2 is 1.79 bits per heavy atom. The van der Waals surface area contributed by atoms with Gasteiger partial charge in [-0.05, 0) is 60.4 Å². The number of rotatable bonds is 5. The highest BCUT2D eigenvalue weighted by Gasteiger charge is 2.24. The van der Waals surface area contributed by atoms with Gasteiger partial charge in [-0.25, -0.2) is 0 Å². The second-order valence-corrected chi connectivity index (χ2v) is 7.23. The van der Waals surface area contributed by atoms with Crippen molar-refractivity contribution in [3.63, 3.8) is 0 Å². The Kier molecular flexibility index (Phi) is 5.32. The summed E-state index contributed by atoms with van der Waals surface area (Å²) in [6, 6.07) is 17.6. The monoisotopic (exact) mass is 376 g/mol. The largest absolute Gasteiger partial charge is 0.352 e. The molecule has 7 nitrogen and oxygen atoms in total. The number of nitrogens with one attached hydrogen (secondary N) is 1. The highest BCUT2D eigenvalue weighted by Crippen LogP contribution is 2.20. The van der Waals surface area contributed by atoms with Crippen LogP contribution in [0, 0.1) is 12.8 Å². The van der Waals surface area contributed by atoms with Crippen molar-refractivity contribution in [3.8, 4) is 5.69 Å². The molecule has 144 valence electrons. The third kappa shape index (κ3) is 4.03. The zero-order valence-electron chi connectivity index (χ0n) is 16.0. The van der Waals surface area contributed by atoms with Crippen LogP contribution in [-0.4, -0.2) is 50.6 Å². The number of hydrogen-bond donors (Lipinski definition) is 1. The SMILES string of the molecule is Cc1ccc(-n2nnnc2NCC2CCN(C(=O)c3ccccc3)CC2)cc1. The third-order valence-corrected chi connectivity index (χ3v) is 5.22. The molecular formula is C21H24N6O. The molecule has 0 bridgehead atoms. The number of carbonyl (C=O) groups excluding carboxylic acids is 1. The summed E-state index contributed by atoms with van der Waals surface area (Å²) >= 11 is 0. The fourth-order valence-electron chi connectivity index (χ4n) is 3.50. The van der Waals surface area contributed by atoms with Gasteiger partial charge in [0.1, 0.15) is 0 Å². The quantitative estimate of drug-likeness (QED) is 0.741. The molecule has 1 aromatic heterocycles. The standard InChI is InChI=1S/C21H24N6O/c1-16-7-9-19(10-8-16)27-21(23-24-25-27)22-15-17-11-13-26(14-12-17)20(28)18-5-3-2-4-6-18/h2-10,17H,11-15H2,1H3,(H,22,23,25). The molecule has 3 aromatic rings. The fraction of sp³-hybridized carbons (Fsp3) is 0.333. The summed E-state index contributed by atoms with van der Waals surface area (Å²) in [5.41, 5.74) is 2.89. The Bertz CT molecular complexity index is 914. The normalized spacial score (nSPS) is 14.8. The van der Waals surface area contributed by atoms with E-state index in [-0.39, 0.29) is 5.91 Å². The second kappa shape index (κ2) is 8.21. The zero-order valence-corrected chi connectivity index (χ0v) is 16.0. The number of carbonyl (C=O) groups is 1. The van der Waals surface area contributed by atoms with E-state index in [9.17, 15) is 4.79 Å². The average molecular weight is 376 g/mol. The number of piperidine rings is 1. The molecule has 0 atom stereocenters. The summed E-state index contributed by atoms with van der Waals surface area (Å²) in [7, 11) is 0. The third-order valence-electron chi connectivity index (χ3n) is 5.22. The van der Waals surface area contributed by atoms with E-state index in [1.807, 2.05) is 59.5 Å². The van der Waals surface area contributed by atoms with Gasteiger partial charge < -0.3 is 10.2 Å². The molecule has 1 N–H and O–H groups in total. The van der Waals surface area contributed by atoms with Crippen molar-refractivity contribution in [2.45, 2.75) is 19.8 Å². The van der Waals surface area contributed by atoms with Crippen molar-refractivity contribution >= 4 is 11.9 Å². The zero-order chi connectivity index (χ0) is 19.3. The Hall–Kier alpha value is -3.22. The number of likely N-dealkylation sites (tertiary alicyclic amines) is 1. The van der Waals surface area contributed by atoms with E-state index in [4.69, 9.17) is 0 Å². The highest BCUT2D eigenvalue weighted by atomic mass is 16.2. The van der Waals surface area contributed by atoms with Crippen LogP contribution >= 0.6 is 0 Å². The lowest BCUT2D eigenvalue weighted by Gasteiger charge is -2.32. The second-order valence-electron chi connectivity index (χ2n) is 7.23. The van der Waals surface area contributed by atoms with E-state index in [2.05, 4.69) is 27.8 Å². The minimum Gasteiger partial charge on any atom is -0.352 e. The summed E-state index contributed by atoms with van der Waals surface area (Å²) in [6.45, 7) is 4.41. The molecular weight excluding hydrogens is 352 g/mol. The van der Waals surface area contributed by atoms with E-state index < -0.39 is 0 Å². The van der Waals surface area contributed by atoms with Crippen molar-refractivity contribution in [1.29, 1.82) is 0 Å². The molecule has 1 aliphatic rings. The Balaban J connectivity index is 1.31. The number of hydrogen-bond acceptors (Lipinski definition) is 5. The molecule has 0 saturated carbocycles. The molecule has 0 aliphatic carbocycles. The van der Waals surface area contributed by atoms with Crippen LogP contribution in [0.15, 0.2) is 54.6 Å². The number of nitrogens with zero attached hydrogens (tertiary/aromatic N) is 5. The molecule has 1 aliphatic heterocycles. The van der Waals surface area contributed by atoms with Gasteiger partial charge in [0.2, 0.25) is 5.95 Å². The molecule has 0 unspecified atom stereocenters. The maximum atomic E-state index is 12.6. The lowest BCUT2D eigenvalue weighted by atomic mass is 9.96. The maximum absolute atomic E-state index is 12.6. The number of anilines is 1. The van der Waals surface area contributed by atoms with E-state index in [0.717, 1.165) is 43.7 Å². The Morgan fingerprint density at radius 3 is 2.50 bits per heavy atom. The van der Waals surface area contributed by atoms with E-state index in [1.165, 1.54) is 5.56 Å².